The fraction of sp³-hybridized carbons (Fsp3) is 0.440. The van der Waals surface area contributed by atoms with Gasteiger partial charge in [0.05, 0.1) is 6.61 Å². The Hall–Kier alpha value is -2.23. The maximum Gasteiger partial charge on any atom is 0.166 e. The predicted molar refractivity (Wildman–Crippen MR) is 112 cm³/mol. The summed E-state index contributed by atoms with van der Waals surface area (Å²) in [6, 6.07) is 8.58. The topological polar surface area (TPSA) is 9.23 Å². The van der Waals surface area contributed by atoms with Crippen molar-refractivity contribution in [3.8, 4) is 5.75 Å². The largest absolute Gasteiger partial charge is 0.491 e. The summed E-state index contributed by atoms with van der Waals surface area (Å²) in [6.07, 6.45) is 8.84. The van der Waals surface area contributed by atoms with E-state index in [-0.39, 0.29) is 5.82 Å². The maximum absolute atomic E-state index is 14.3. The van der Waals surface area contributed by atoms with Gasteiger partial charge in [-0.1, -0.05) is 43.7 Å². The third kappa shape index (κ3) is 5.23. The van der Waals surface area contributed by atoms with Crippen LogP contribution in [-0.2, 0) is 6.42 Å². The Morgan fingerprint density at radius 1 is 0.966 bits per heavy atom. The van der Waals surface area contributed by atoms with Crippen LogP contribution >= 0.6 is 0 Å². The molecule has 1 nitrogen and oxygen atoms in total. The molecule has 0 N–H and O–H groups in total. The van der Waals surface area contributed by atoms with Gasteiger partial charge >= 0.3 is 0 Å². The van der Waals surface area contributed by atoms with E-state index in [4.69, 9.17) is 4.74 Å². The maximum atomic E-state index is 14.3. The van der Waals surface area contributed by atoms with E-state index in [0.29, 0.717) is 41.7 Å². The van der Waals surface area contributed by atoms with Gasteiger partial charge in [0.1, 0.15) is 0 Å². The second-order valence-corrected chi connectivity index (χ2v) is 7.79. The van der Waals surface area contributed by atoms with Crippen molar-refractivity contribution in [1.29, 1.82) is 0 Å². The third-order valence-corrected chi connectivity index (χ3v) is 5.76. The highest BCUT2D eigenvalue weighted by atomic mass is 19.2. The molecule has 0 heterocycles. The summed E-state index contributed by atoms with van der Waals surface area (Å²) in [7, 11) is 0. The first-order chi connectivity index (χ1) is 14.0. The highest BCUT2D eigenvalue weighted by Crippen LogP contribution is 2.37. The zero-order chi connectivity index (χ0) is 20.8. The molecule has 0 saturated heterocycles. The van der Waals surface area contributed by atoms with Crippen LogP contribution in [0.15, 0.2) is 36.4 Å². The first-order valence-corrected chi connectivity index (χ1v) is 10.6. The SMILES string of the molecule is CCCc1ccc(C=CC2CCC(c3ccc(OCC)c(F)c3)CC2)c(F)c1F. The zero-order valence-electron chi connectivity index (χ0n) is 17.2. The van der Waals surface area contributed by atoms with Gasteiger partial charge in [0.2, 0.25) is 0 Å². The summed E-state index contributed by atoms with van der Waals surface area (Å²) in [6.45, 7) is 4.23. The number of aryl methyl sites for hydroxylation is 1. The number of ether oxygens (including phenoxy) is 1. The van der Waals surface area contributed by atoms with Crippen molar-refractivity contribution in [3.05, 3.63) is 70.5 Å². The lowest BCUT2D eigenvalue weighted by molar-refractivity contribution is 0.320. The zero-order valence-corrected chi connectivity index (χ0v) is 17.2. The molecule has 2 aromatic rings. The van der Waals surface area contributed by atoms with Crippen molar-refractivity contribution in [2.45, 2.75) is 58.3 Å². The molecule has 0 aromatic heterocycles. The molecule has 1 aliphatic rings. The molecule has 4 heteroatoms. The Morgan fingerprint density at radius 3 is 2.38 bits per heavy atom. The number of benzene rings is 2. The minimum absolute atomic E-state index is 0.298. The van der Waals surface area contributed by atoms with E-state index in [2.05, 4.69) is 0 Å². The molecule has 1 aliphatic carbocycles. The minimum Gasteiger partial charge on any atom is -0.491 e. The quantitative estimate of drug-likeness (QED) is 0.467. The summed E-state index contributed by atoms with van der Waals surface area (Å²) >= 11 is 0. The lowest BCUT2D eigenvalue weighted by Crippen LogP contribution is -2.12. The van der Waals surface area contributed by atoms with E-state index in [0.717, 1.165) is 37.7 Å². The summed E-state index contributed by atoms with van der Waals surface area (Å²) < 4.78 is 47.8. The van der Waals surface area contributed by atoms with Crippen molar-refractivity contribution in [1.82, 2.24) is 0 Å². The average molecular weight is 403 g/mol. The molecule has 0 radical (unpaired) electrons. The number of rotatable bonds is 7. The molecular weight excluding hydrogens is 373 g/mol. The molecule has 0 amide bonds. The third-order valence-electron chi connectivity index (χ3n) is 5.76. The Balaban J connectivity index is 1.60. The van der Waals surface area contributed by atoms with Crippen LogP contribution in [0.2, 0.25) is 0 Å². The molecule has 0 bridgehead atoms. The van der Waals surface area contributed by atoms with Gasteiger partial charge < -0.3 is 4.74 Å². The number of hydrogen-bond donors (Lipinski definition) is 0. The van der Waals surface area contributed by atoms with Crippen LogP contribution in [0.3, 0.4) is 0 Å². The van der Waals surface area contributed by atoms with E-state index in [9.17, 15) is 13.2 Å². The molecular formula is C25H29F3O. The van der Waals surface area contributed by atoms with Crippen molar-refractivity contribution in [2.24, 2.45) is 5.92 Å². The van der Waals surface area contributed by atoms with Gasteiger partial charge in [0.25, 0.3) is 0 Å². The Bertz CT molecular complexity index is 851. The summed E-state index contributed by atoms with van der Waals surface area (Å²) in [4.78, 5) is 0. The van der Waals surface area contributed by atoms with Crippen LogP contribution in [0.25, 0.3) is 6.08 Å². The molecule has 0 unspecified atom stereocenters. The molecule has 2 aromatic carbocycles. The summed E-state index contributed by atoms with van der Waals surface area (Å²) in [5, 5.41) is 0. The normalized spacial score (nSPS) is 19.6. The monoisotopic (exact) mass is 402 g/mol. The number of allylic oxidation sites excluding steroid dienone is 1. The first-order valence-electron chi connectivity index (χ1n) is 10.6. The molecule has 3 rings (SSSR count). The molecule has 0 atom stereocenters. The lowest BCUT2D eigenvalue weighted by Gasteiger charge is -2.27. The molecule has 1 saturated carbocycles. The van der Waals surface area contributed by atoms with Gasteiger partial charge in [-0.2, -0.15) is 0 Å². The van der Waals surface area contributed by atoms with E-state index in [1.54, 1.807) is 30.3 Å². The second kappa shape index (κ2) is 10.00. The van der Waals surface area contributed by atoms with Crippen LogP contribution in [-0.4, -0.2) is 6.61 Å². The van der Waals surface area contributed by atoms with E-state index in [1.807, 2.05) is 26.0 Å². The van der Waals surface area contributed by atoms with Crippen molar-refractivity contribution < 1.29 is 17.9 Å². The van der Waals surface area contributed by atoms with Crippen LogP contribution < -0.4 is 4.74 Å². The van der Waals surface area contributed by atoms with Crippen molar-refractivity contribution in [2.75, 3.05) is 6.61 Å². The van der Waals surface area contributed by atoms with Crippen LogP contribution in [0, 0.1) is 23.4 Å². The first kappa shape index (κ1) is 21.5. The van der Waals surface area contributed by atoms with E-state index < -0.39 is 11.6 Å². The van der Waals surface area contributed by atoms with Gasteiger partial charge in [-0.05, 0) is 74.1 Å². The second-order valence-electron chi connectivity index (χ2n) is 7.79. The van der Waals surface area contributed by atoms with Gasteiger partial charge in [-0.3, -0.25) is 0 Å². The highest BCUT2D eigenvalue weighted by molar-refractivity contribution is 5.51. The molecule has 0 aliphatic heterocycles. The fourth-order valence-corrected chi connectivity index (χ4v) is 4.12. The molecule has 0 spiro atoms. The van der Waals surface area contributed by atoms with E-state index >= 15 is 0 Å². The lowest BCUT2D eigenvalue weighted by atomic mass is 9.78. The average Bonchev–Trinajstić information content (AvgIpc) is 2.73. The summed E-state index contributed by atoms with van der Waals surface area (Å²) in [5.41, 5.74) is 1.75. The summed E-state index contributed by atoms with van der Waals surface area (Å²) in [5.74, 6) is -0.840. The van der Waals surface area contributed by atoms with Crippen LogP contribution in [0.4, 0.5) is 13.2 Å². The smallest absolute Gasteiger partial charge is 0.166 e. The van der Waals surface area contributed by atoms with Gasteiger partial charge in [0, 0.05) is 5.56 Å². The number of halogens is 3. The van der Waals surface area contributed by atoms with Gasteiger partial charge in [-0.25, -0.2) is 13.2 Å². The van der Waals surface area contributed by atoms with Gasteiger partial charge in [0.15, 0.2) is 23.2 Å². The van der Waals surface area contributed by atoms with Crippen molar-refractivity contribution >= 4 is 6.08 Å². The molecule has 29 heavy (non-hydrogen) atoms. The van der Waals surface area contributed by atoms with Gasteiger partial charge in [-0.15, -0.1) is 0 Å². The minimum atomic E-state index is -0.759. The molecule has 1 fully saturated rings. The Morgan fingerprint density at radius 2 is 1.72 bits per heavy atom. The van der Waals surface area contributed by atoms with Crippen LogP contribution in [0.5, 0.6) is 5.75 Å². The highest BCUT2D eigenvalue weighted by Gasteiger charge is 2.22. The van der Waals surface area contributed by atoms with Crippen LogP contribution in [0.1, 0.15) is 68.6 Å². The predicted octanol–water partition coefficient (Wildman–Crippen LogP) is 7.44. The fourth-order valence-electron chi connectivity index (χ4n) is 4.12. The Kier molecular flexibility index (Phi) is 7.40. The van der Waals surface area contributed by atoms with E-state index in [1.165, 1.54) is 0 Å². The standard InChI is InChI=1S/C25H29F3O/c1-3-5-19-12-13-20(25(28)24(19)27)11-8-17-6-9-18(10-7-17)21-14-15-23(29-4-2)22(26)16-21/h8,11-18H,3-7,9-10H2,1-2H3. The number of hydrogen-bond acceptors (Lipinski definition) is 1. The van der Waals surface area contributed by atoms with Crippen molar-refractivity contribution in [3.63, 3.8) is 0 Å². The Labute approximate surface area is 171 Å². The molecule has 156 valence electrons.